The van der Waals surface area contributed by atoms with Gasteiger partial charge in [-0.2, -0.15) is 0 Å². The number of fused-ring (bicyclic) bond motifs is 1. The van der Waals surface area contributed by atoms with Crippen molar-refractivity contribution in [3.8, 4) is 0 Å². The second-order valence-corrected chi connectivity index (χ2v) is 7.94. The first-order valence-electron chi connectivity index (χ1n) is 9.81. The van der Waals surface area contributed by atoms with Crippen LogP contribution in [0.3, 0.4) is 0 Å². The summed E-state index contributed by atoms with van der Waals surface area (Å²) in [6.07, 6.45) is -0.197. The molecule has 6 nitrogen and oxygen atoms in total. The highest BCUT2D eigenvalue weighted by molar-refractivity contribution is 5.47. The van der Waals surface area contributed by atoms with Crippen LogP contribution in [0.4, 0.5) is 11.4 Å². The number of anilines is 2. The molecule has 6 heteroatoms. The standard InChI is InChI=1S/C22H30N4O2/c1-25(2)17-9-5-15(6-10-17)21-23-19-14-28-22(24-20(19)13-27-21)16-7-11-18(12-8-16)26(3)4/h5-12,19-24H,13-14H2,1-4H3/t19-,20-,21-,22-/m0/s1. The minimum absolute atomic E-state index is 0.0983. The summed E-state index contributed by atoms with van der Waals surface area (Å²) in [6.45, 7) is 1.32. The Bertz CT molecular complexity index is 709. The van der Waals surface area contributed by atoms with Crippen LogP contribution in [0.1, 0.15) is 23.6 Å². The monoisotopic (exact) mass is 382 g/mol. The van der Waals surface area contributed by atoms with Crippen LogP contribution in [-0.2, 0) is 9.47 Å². The Labute approximate surface area is 167 Å². The molecule has 2 aromatic carbocycles. The maximum absolute atomic E-state index is 6.12. The number of rotatable bonds is 4. The van der Waals surface area contributed by atoms with E-state index < -0.39 is 0 Å². The van der Waals surface area contributed by atoms with Gasteiger partial charge in [0.15, 0.2) is 0 Å². The molecule has 2 heterocycles. The van der Waals surface area contributed by atoms with Crippen molar-refractivity contribution in [3.05, 3.63) is 59.7 Å². The quantitative estimate of drug-likeness (QED) is 0.847. The van der Waals surface area contributed by atoms with Crippen LogP contribution in [0, 0.1) is 0 Å². The van der Waals surface area contributed by atoms with Crippen LogP contribution in [0.25, 0.3) is 0 Å². The lowest BCUT2D eigenvalue weighted by Gasteiger charge is -2.43. The Morgan fingerprint density at radius 3 is 1.32 bits per heavy atom. The molecule has 2 fully saturated rings. The fraction of sp³-hybridized carbons (Fsp3) is 0.455. The summed E-state index contributed by atoms with van der Waals surface area (Å²) in [5.41, 5.74) is 4.65. The summed E-state index contributed by atoms with van der Waals surface area (Å²) in [5.74, 6) is 0. The first-order valence-corrected chi connectivity index (χ1v) is 9.81. The van der Waals surface area contributed by atoms with Gasteiger partial charge in [0.05, 0.1) is 25.3 Å². The first-order chi connectivity index (χ1) is 13.5. The van der Waals surface area contributed by atoms with Gasteiger partial charge in [-0.1, -0.05) is 24.3 Å². The molecular formula is C22H30N4O2. The van der Waals surface area contributed by atoms with Crippen LogP contribution >= 0.6 is 0 Å². The van der Waals surface area contributed by atoms with Crippen LogP contribution in [0.2, 0.25) is 0 Å². The molecule has 0 aromatic heterocycles. The lowest BCUT2D eigenvalue weighted by Crippen LogP contribution is -2.62. The first kappa shape index (κ1) is 19.2. The van der Waals surface area contributed by atoms with E-state index in [1.54, 1.807) is 0 Å². The number of nitrogens with zero attached hydrogens (tertiary/aromatic N) is 2. The zero-order chi connectivity index (χ0) is 19.7. The predicted octanol–water partition coefficient (Wildman–Crippen LogP) is 2.49. The van der Waals surface area contributed by atoms with Crippen LogP contribution in [0.5, 0.6) is 0 Å². The third-order valence-corrected chi connectivity index (χ3v) is 5.53. The Kier molecular flexibility index (Phi) is 5.55. The highest BCUT2D eigenvalue weighted by atomic mass is 16.5. The van der Waals surface area contributed by atoms with Gasteiger partial charge in [-0.3, -0.25) is 10.6 Å². The van der Waals surface area contributed by atoms with Gasteiger partial charge in [0, 0.05) is 39.6 Å². The fourth-order valence-corrected chi connectivity index (χ4v) is 3.73. The summed E-state index contributed by atoms with van der Waals surface area (Å²) in [5, 5.41) is 7.17. The smallest absolute Gasteiger partial charge is 0.134 e. The van der Waals surface area contributed by atoms with Crippen molar-refractivity contribution >= 4 is 11.4 Å². The number of hydrogen-bond acceptors (Lipinski definition) is 6. The summed E-state index contributed by atoms with van der Waals surface area (Å²) in [6, 6.07) is 17.4. The Balaban J connectivity index is 1.37. The van der Waals surface area contributed by atoms with Crippen molar-refractivity contribution in [1.82, 2.24) is 10.6 Å². The third kappa shape index (κ3) is 4.00. The van der Waals surface area contributed by atoms with Crippen molar-refractivity contribution in [2.75, 3.05) is 51.2 Å². The Hall–Kier alpha value is -2.12. The zero-order valence-corrected chi connectivity index (χ0v) is 17.1. The predicted molar refractivity (Wildman–Crippen MR) is 113 cm³/mol. The highest BCUT2D eigenvalue weighted by Crippen LogP contribution is 2.28. The van der Waals surface area contributed by atoms with E-state index in [1.807, 2.05) is 28.2 Å². The maximum atomic E-state index is 6.12. The number of hydrogen-bond donors (Lipinski definition) is 2. The Morgan fingerprint density at radius 2 is 1.00 bits per heavy atom. The molecule has 2 aromatic rings. The van der Waals surface area contributed by atoms with E-state index in [2.05, 4.69) is 69.0 Å². The van der Waals surface area contributed by atoms with E-state index in [4.69, 9.17) is 9.47 Å². The summed E-state index contributed by atoms with van der Waals surface area (Å²) < 4.78 is 12.2. The molecule has 0 saturated carbocycles. The van der Waals surface area contributed by atoms with Crippen LogP contribution < -0.4 is 20.4 Å². The maximum Gasteiger partial charge on any atom is 0.134 e. The van der Waals surface area contributed by atoms with E-state index in [0.29, 0.717) is 13.2 Å². The number of benzene rings is 2. The molecule has 2 aliphatic rings. The molecule has 0 radical (unpaired) electrons. The molecule has 0 aliphatic carbocycles. The lowest BCUT2D eigenvalue weighted by molar-refractivity contribution is -0.115. The minimum Gasteiger partial charge on any atom is -0.378 e. The highest BCUT2D eigenvalue weighted by Gasteiger charge is 2.37. The number of nitrogens with one attached hydrogen (secondary N) is 2. The molecule has 4 atom stereocenters. The molecule has 4 rings (SSSR count). The van der Waals surface area contributed by atoms with Crippen molar-refractivity contribution in [3.63, 3.8) is 0 Å². The molecule has 28 heavy (non-hydrogen) atoms. The van der Waals surface area contributed by atoms with Crippen molar-refractivity contribution < 1.29 is 9.47 Å². The molecule has 2 saturated heterocycles. The zero-order valence-electron chi connectivity index (χ0n) is 17.1. The van der Waals surface area contributed by atoms with Gasteiger partial charge in [-0.05, 0) is 35.4 Å². The van der Waals surface area contributed by atoms with Gasteiger partial charge in [0.25, 0.3) is 0 Å². The summed E-state index contributed by atoms with van der Waals surface area (Å²) in [4.78, 5) is 4.19. The molecular weight excluding hydrogens is 352 g/mol. The molecule has 150 valence electrons. The lowest BCUT2D eigenvalue weighted by atomic mass is 10.0. The fourth-order valence-electron chi connectivity index (χ4n) is 3.73. The molecule has 2 aliphatic heterocycles. The van der Waals surface area contributed by atoms with Crippen molar-refractivity contribution in [1.29, 1.82) is 0 Å². The second kappa shape index (κ2) is 8.09. The van der Waals surface area contributed by atoms with Gasteiger partial charge >= 0.3 is 0 Å². The molecule has 0 unspecified atom stereocenters. The van der Waals surface area contributed by atoms with E-state index in [1.165, 1.54) is 11.4 Å². The number of ether oxygens (including phenoxy) is 2. The van der Waals surface area contributed by atoms with Gasteiger partial charge in [-0.25, -0.2) is 0 Å². The van der Waals surface area contributed by atoms with E-state index in [9.17, 15) is 0 Å². The molecule has 0 bridgehead atoms. The van der Waals surface area contributed by atoms with Crippen LogP contribution in [0.15, 0.2) is 48.5 Å². The van der Waals surface area contributed by atoms with Crippen molar-refractivity contribution in [2.24, 2.45) is 0 Å². The van der Waals surface area contributed by atoms with Crippen molar-refractivity contribution in [2.45, 2.75) is 24.5 Å². The summed E-state index contributed by atoms with van der Waals surface area (Å²) >= 11 is 0. The summed E-state index contributed by atoms with van der Waals surface area (Å²) in [7, 11) is 8.18. The van der Waals surface area contributed by atoms with Crippen LogP contribution in [-0.4, -0.2) is 53.5 Å². The van der Waals surface area contributed by atoms with Gasteiger partial charge in [0.1, 0.15) is 12.5 Å². The average Bonchev–Trinajstić information content (AvgIpc) is 2.73. The molecule has 0 amide bonds. The minimum atomic E-state index is -0.0983. The Morgan fingerprint density at radius 1 is 0.643 bits per heavy atom. The van der Waals surface area contributed by atoms with E-state index in [-0.39, 0.29) is 24.5 Å². The SMILES string of the molecule is CN(C)c1ccc([C@H]2N[C@H]3CO[C@@H](c4ccc(N(C)C)cc4)N[C@H]3CO2)cc1. The third-order valence-electron chi connectivity index (χ3n) is 5.53. The average molecular weight is 383 g/mol. The normalized spacial score (nSPS) is 27.1. The van der Waals surface area contributed by atoms with Gasteiger partial charge < -0.3 is 19.3 Å². The largest absolute Gasteiger partial charge is 0.378 e. The second-order valence-electron chi connectivity index (χ2n) is 7.94. The molecule has 0 spiro atoms. The topological polar surface area (TPSA) is 49.0 Å². The van der Waals surface area contributed by atoms with Gasteiger partial charge in [-0.15, -0.1) is 0 Å². The van der Waals surface area contributed by atoms with Gasteiger partial charge in [0.2, 0.25) is 0 Å². The van der Waals surface area contributed by atoms with E-state index in [0.717, 1.165) is 11.1 Å². The van der Waals surface area contributed by atoms with E-state index >= 15 is 0 Å². The molecule has 2 N–H and O–H groups in total.